The van der Waals surface area contributed by atoms with Gasteiger partial charge in [0.1, 0.15) is 17.9 Å². The molecule has 1 heterocycles. The van der Waals surface area contributed by atoms with Gasteiger partial charge in [-0.15, -0.1) is 0 Å². The van der Waals surface area contributed by atoms with Gasteiger partial charge in [0.05, 0.1) is 0 Å². The molecule has 1 N–H and O–H groups in total. The highest BCUT2D eigenvalue weighted by molar-refractivity contribution is 5.42. The van der Waals surface area contributed by atoms with Crippen molar-refractivity contribution in [2.24, 2.45) is 0 Å². The Kier molecular flexibility index (Phi) is 3.66. The molecule has 0 aromatic heterocycles. The molecule has 112 valence electrons. The summed E-state index contributed by atoms with van der Waals surface area (Å²) in [5.74, 6) is -4.31. The largest absolute Gasteiger partial charge is 0.490 e. The second kappa shape index (κ2) is 4.87. The highest BCUT2D eigenvalue weighted by Crippen LogP contribution is 2.45. The Morgan fingerprint density at radius 3 is 2.45 bits per heavy atom. The third kappa shape index (κ3) is 2.46. The number of rotatable bonds is 3. The van der Waals surface area contributed by atoms with Crippen LogP contribution in [0.25, 0.3) is 0 Å². The van der Waals surface area contributed by atoms with Crippen LogP contribution in [0.4, 0.5) is 22.0 Å². The van der Waals surface area contributed by atoms with Crippen LogP contribution in [0.5, 0.6) is 5.75 Å². The molecule has 0 bridgehead atoms. The summed E-state index contributed by atoms with van der Waals surface area (Å²) >= 11 is 0. The van der Waals surface area contributed by atoms with Gasteiger partial charge in [-0.1, -0.05) is 12.1 Å². The maximum Gasteiger partial charge on any atom is 0.455 e. The topological polar surface area (TPSA) is 21.3 Å². The van der Waals surface area contributed by atoms with Crippen molar-refractivity contribution in [1.82, 2.24) is 5.32 Å². The van der Waals surface area contributed by atoms with Crippen molar-refractivity contribution in [1.29, 1.82) is 0 Å². The summed E-state index contributed by atoms with van der Waals surface area (Å²) in [6, 6.07) is 1.89. The van der Waals surface area contributed by atoms with Crippen molar-refractivity contribution in [3.05, 3.63) is 29.3 Å². The zero-order chi connectivity index (χ0) is 15.1. The summed E-state index contributed by atoms with van der Waals surface area (Å²) < 4.78 is 69.8. The number of nitrogens with one attached hydrogen (secondary N) is 1. The lowest BCUT2D eigenvalue weighted by Gasteiger charge is -2.28. The number of hydrogen-bond donors (Lipinski definition) is 1. The second-order valence-corrected chi connectivity index (χ2v) is 4.84. The van der Waals surface area contributed by atoms with E-state index in [2.05, 4.69) is 5.32 Å². The fraction of sp³-hybridized carbons (Fsp3) is 0.538. The lowest BCUT2D eigenvalue weighted by atomic mass is 9.97. The zero-order valence-corrected chi connectivity index (χ0v) is 10.9. The lowest BCUT2D eigenvalue weighted by molar-refractivity contribution is -0.293. The SMILES string of the molecule is CNC(c1ccc2c(c1)CC(C)O2)C(F)(F)C(F)(F)F. The van der Waals surface area contributed by atoms with E-state index in [0.29, 0.717) is 17.7 Å². The van der Waals surface area contributed by atoms with Crippen LogP contribution in [0.3, 0.4) is 0 Å². The molecule has 0 aliphatic carbocycles. The Labute approximate surface area is 112 Å². The van der Waals surface area contributed by atoms with Crippen molar-refractivity contribution in [2.75, 3.05) is 7.05 Å². The number of hydrogen-bond acceptors (Lipinski definition) is 2. The minimum absolute atomic E-state index is 0.101. The van der Waals surface area contributed by atoms with E-state index in [1.165, 1.54) is 18.2 Å². The van der Waals surface area contributed by atoms with E-state index in [-0.39, 0.29) is 11.7 Å². The van der Waals surface area contributed by atoms with Crippen molar-refractivity contribution in [3.63, 3.8) is 0 Å². The first-order chi connectivity index (χ1) is 9.16. The van der Waals surface area contributed by atoms with E-state index in [1.807, 2.05) is 0 Å². The van der Waals surface area contributed by atoms with Gasteiger partial charge in [-0.2, -0.15) is 22.0 Å². The van der Waals surface area contributed by atoms with E-state index in [1.54, 1.807) is 6.92 Å². The molecule has 20 heavy (non-hydrogen) atoms. The van der Waals surface area contributed by atoms with E-state index in [4.69, 9.17) is 4.74 Å². The highest BCUT2D eigenvalue weighted by Gasteiger charge is 2.62. The monoisotopic (exact) mass is 295 g/mol. The van der Waals surface area contributed by atoms with Crippen LogP contribution in [0.2, 0.25) is 0 Å². The predicted molar refractivity (Wildman–Crippen MR) is 63.0 cm³/mol. The summed E-state index contributed by atoms with van der Waals surface area (Å²) in [5, 5.41) is 2.06. The Hall–Kier alpha value is -1.37. The van der Waals surface area contributed by atoms with Gasteiger partial charge in [-0.25, -0.2) is 0 Å². The van der Waals surface area contributed by atoms with Crippen LogP contribution in [0.1, 0.15) is 24.1 Å². The number of ether oxygens (including phenoxy) is 1. The van der Waals surface area contributed by atoms with Crippen LogP contribution in [0.15, 0.2) is 18.2 Å². The standard InChI is InChI=1S/C13H14F5NO/c1-7-5-9-6-8(3-4-10(9)20-7)11(19-2)12(14,15)13(16,17)18/h3-4,6-7,11,19H,5H2,1-2H3. The van der Waals surface area contributed by atoms with Crippen LogP contribution in [-0.4, -0.2) is 25.3 Å². The van der Waals surface area contributed by atoms with Gasteiger partial charge >= 0.3 is 12.1 Å². The van der Waals surface area contributed by atoms with Crippen molar-refractivity contribution in [3.8, 4) is 5.75 Å². The molecule has 2 rings (SSSR count). The predicted octanol–water partition coefficient (Wildman–Crippen LogP) is 3.47. The smallest absolute Gasteiger partial charge is 0.455 e. The Morgan fingerprint density at radius 1 is 1.25 bits per heavy atom. The van der Waals surface area contributed by atoms with E-state index < -0.39 is 18.1 Å². The number of fused-ring (bicyclic) bond motifs is 1. The molecule has 0 radical (unpaired) electrons. The summed E-state index contributed by atoms with van der Waals surface area (Å²) in [6.45, 7) is 1.81. The average molecular weight is 295 g/mol. The van der Waals surface area contributed by atoms with Crippen LogP contribution < -0.4 is 10.1 Å². The number of alkyl halides is 5. The Morgan fingerprint density at radius 2 is 1.90 bits per heavy atom. The summed E-state index contributed by atoms with van der Waals surface area (Å²) in [4.78, 5) is 0. The molecular weight excluding hydrogens is 281 g/mol. The molecule has 1 aromatic rings. The fourth-order valence-electron chi connectivity index (χ4n) is 2.34. The lowest BCUT2D eigenvalue weighted by Crippen LogP contribution is -2.47. The van der Waals surface area contributed by atoms with Gasteiger partial charge in [0.2, 0.25) is 0 Å². The zero-order valence-electron chi connectivity index (χ0n) is 10.9. The van der Waals surface area contributed by atoms with E-state index in [9.17, 15) is 22.0 Å². The first kappa shape index (κ1) is 15.0. The molecule has 2 atom stereocenters. The van der Waals surface area contributed by atoms with Crippen molar-refractivity contribution >= 4 is 0 Å². The average Bonchev–Trinajstić information content (AvgIpc) is 2.67. The fourth-order valence-corrected chi connectivity index (χ4v) is 2.34. The van der Waals surface area contributed by atoms with Crippen LogP contribution >= 0.6 is 0 Å². The molecule has 0 saturated heterocycles. The molecule has 0 fully saturated rings. The first-order valence-corrected chi connectivity index (χ1v) is 6.08. The Balaban J connectivity index is 2.37. The van der Waals surface area contributed by atoms with Crippen molar-refractivity contribution < 1.29 is 26.7 Å². The molecule has 7 heteroatoms. The second-order valence-electron chi connectivity index (χ2n) is 4.84. The third-order valence-corrected chi connectivity index (χ3v) is 3.28. The minimum atomic E-state index is -5.61. The molecule has 0 saturated carbocycles. The molecule has 0 amide bonds. The first-order valence-electron chi connectivity index (χ1n) is 6.08. The van der Waals surface area contributed by atoms with Gasteiger partial charge in [0, 0.05) is 6.42 Å². The van der Waals surface area contributed by atoms with Crippen LogP contribution in [0, 0.1) is 0 Å². The maximum absolute atomic E-state index is 13.5. The molecule has 1 aliphatic rings. The molecule has 1 aliphatic heterocycles. The maximum atomic E-state index is 13.5. The molecular formula is C13H14F5NO. The van der Waals surface area contributed by atoms with Gasteiger partial charge < -0.3 is 10.1 Å². The molecule has 0 spiro atoms. The van der Waals surface area contributed by atoms with E-state index >= 15 is 0 Å². The molecule has 1 aromatic carbocycles. The summed E-state index contributed by atoms with van der Waals surface area (Å²) in [5.41, 5.74) is 0.541. The molecule has 2 unspecified atom stereocenters. The third-order valence-electron chi connectivity index (χ3n) is 3.28. The Bertz CT molecular complexity index is 500. The summed E-state index contributed by atoms with van der Waals surface area (Å²) in [6.07, 6.45) is -5.21. The minimum Gasteiger partial charge on any atom is -0.490 e. The number of halogens is 5. The summed E-state index contributed by atoms with van der Waals surface area (Å²) in [7, 11) is 1.08. The normalized spacial score (nSPS) is 20.4. The molecule has 2 nitrogen and oxygen atoms in total. The van der Waals surface area contributed by atoms with E-state index in [0.717, 1.165) is 7.05 Å². The van der Waals surface area contributed by atoms with Gasteiger partial charge in [0.25, 0.3) is 0 Å². The van der Waals surface area contributed by atoms with Gasteiger partial charge in [-0.3, -0.25) is 0 Å². The van der Waals surface area contributed by atoms with Crippen molar-refractivity contribution in [2.45, 2.75) is 37.6 Å². The van der Waals surface area contributed by atoms with Gasteiger partial charge in [0.15, 0.2) is 0 Å². The van der Waals surface area contributed by atoms with Crippen LogP contribution in [-0.2, 0) is 6.42 Å². The number of benzene rings is 1. The highest BCUT2D eigenvalue weighted by atomic mass is 19.4. The quantitative estimate of drug-likeness (QED) is 0.862. The van der Waals surface area contributed by atoms with Gasteiger partial charge in [-0.05, 0) is 31.2 Å².